The average molecular weight is 380 g/mol. The van der Waals surface area contributed by atoms with Crippen LogP contribution in [-0.2, 0) is 11.3 Å². The fourth-order valence-electron chi connectivity index (χ4n) is 2.06. The summed E-state index contributed by atoms with van der Waals surface area (Å²) in [6.45, 7) is 3.36. The van der Waals surface area contributed by atoms with Gasteiger partial charge in [-0.25, -0.2) is 0 Å². The van der Waals surface area contributed by atoms with Gasteiger partial charge in [-0.05, 0) is 47.0 Å². The van der Waals surface area contributed by atoms with Gasteiger partial charge in [0.15, 0.2) is 0 Å². The third-order valence-corrected chi connectivity index (χ3v) is 3.77. The number of benzene rings is 1. The van der Waals surface area contributed by atoms with Crippen molar-refractivity contribution in [2.75, 3.05) is 5.32 Å². The number of nitrogens with one attached hydrogen (secondary N) is 1. The lowest BCUT2D eigenvalue weighted by atomic mass is 10.2. The molecular weight excluding hydrogens is 366 g/mol. The lowest BCUT2D eigenvalue weighted by Crippen LogP contribution is -2.28. The van der Waals surface area contributed by atoms with E-state index < -0.39 is 10.8 Å². The number of aromatic nitrogens is 1. The summed E-state index contributed by atoms with van der Waals surface area (Å²) in [5.74, 6) is -0.437. The van der Waals surface area contributed by atoms with Gasteiger partial charge in [-0.1, -0.05) is 6.07 Å². The van der Waals surface area contributed by atoms with Gasteiger partial charge in [0.1, 0.15) is 6.54 Å². The van der Waals surface area contributed by atoms with Gasteiger partial charge in [0.25, 0.3) is 11.2 Å². The predicted octanol–water partition coefficient (Wildman–Crippen LogP) is 2.77. The van der Waals surface area contributed by atoms with Gasteiger partial charge in [0, 0.05) is 18.3 Å². The van der Waals surface area contributed by atoms with Crippen LogP contribution in [0.2, 0.25) is 0 Å². The largest absolute Gasteiger partial charge is 0.324 e. The first-order valence-electron chi connectivity index (χ1n) is 6.69. The Hall–Kier alpha value is -2.48. The Labute approximate surface area is 140 Å². The van der Waals surface area contributed by atoms with Crippen LogP contribution in [0.3, 0.4) is 0 Å². The van der Waals surface area contributed by atoms with E-state index in [0.717, 1.165) is 5.56 Å². The number of anilines is 1. The molecule has 1 heterocycles. The summed E-state index contributed by atoms with van der Waals surface area (Å²) in [5.41, 5.74) is 1.45. The molecule has 23 heavy (non-hydrogen) atoms. The summed E-state index contributed by atoms with van der Waals surface area (Å²) in [7, 11) is 0. The Balaban J connectivity index is 2.22. The van der Waals surface area contributed by atoms with Crippen molar-refractivity contribution in [3.8, 4) is 0 Å². The highest BCUT2D eigenvalue weighted by Gasteiger charge is 2.12. The number of halogens is 1. The molecule has 0 aliphatic heterocycles. The monoisotopic (exact) mass is 379 g/mol. The molecule has 1 amide bonds. The fraction of sp³-hybridized carbons (Fsp3) is 0.200. The van der Waals surface area contributed by atoms with Gasteiger partial charge in [0.05, 0.1) is 15.1 Å². The second-order valence-electron chi connectivity index (χ2n) is 5.10. The fourth-order valence-corrected chi connectivity index (χ4v) is 2.65. The molecule has 1 N–H and O–H groups in total. The standard InChI is InChI=1S/C15H14BrN3O4/c1-9-5-12(16)15(21)18(7-9)8-14(20)17-13-6-11(19(22)23)4-3-10(13)2/h3-7H,8H2,1-2H3,(H,17,20). The number of amides is 1. The molecular formula is C15H14BrN3O4. The highest BCUT2D eigenvalue weighted by molar-refractivity contribution is 9.10. The molecule has 2 rings (SSSR count). The molecule has 0 aliphatic carbocycles. The van der Waals surface area contributed by atoms with Crippen LogP contribution in [0.1, 0.15) is 11.1 Å². The van der Waals surface area contributed by atoms with Crippen LogP contribution in [0, 0.1) is 24.0 Å². The van der Waals surface area contributed by atoms with Crippen molar-refractivity contribution in [3.63, 3.8) is 0 Å². The molecule has 1 aromatic carbocycles. The van der Waals surface area contributed by atoms with Crippen LogP contribution in [0.25, 0.3) is 0 Å². The number of nitrogens with zero attached hydrogens (tertiary/aromatic N) is 2. The summed E-state index contributed by atoms with van der Waals surface area (Å²) in [6, 6.07) is 5.89. The van der Waals surface area contributed by atoms with Crippen LogP contribution < -0.4 is 10.9 Å². The Bertz CT molecular complexity index is 845. The highest BCUT2D eigenvalue weighted by Crippen LogP contribution is 2.21. The Kier molecular flexibility index (Phi) is 4.95. The van der Waals surface area contributed by atoms with Crippen molar-refractivity contribution in [2.24, 2.45) is 0 Å². The first-order valence-corrected chi connectivity index (χ1v) is 7.48. The smallest absolute Gasteiger partial charge is 0.271 e. The quantitative estimate of drug-likeness (QED) is 0.652. The third-order valence-electron chi connectivity index (χ3n) is 3.20. The number of pyridine rings is 1. The van der Waals surface area contributed by atoms with Crippen LogP contribution >= 0.6 is 15.9 Å². The van der Waals surface area contributed by atoms with Crippen LogP contribution in [0.15, 0.2) is 39.7 Å². The topological polar surface area (TPSA) is 94.2 Å². The molecule has 0 spiro atoms. The average Bonchev–Trinajstić information content (AvgIpc) is 2.46. The van der Waals surface area contributed by atoms with Gasteiger partial charge < -0.3 is 9.88 Å². The number of rotatable bonds is 4. The summed E-state index contributed by atoms with van der Waals surface area (Å²) < 4.78 is 1.65. The predicted molar refractivity (Wildman–Crippen MR) is 89.6 cm³/mol. The molecule has 7 nitrogen and oxygen atoms in total. The number of nitro benzene ring substituents is 1. The molecule has 0 unspecified atom stereocenters. The Morgan fingerprint density at radius 2 is 2.04 bits per heavy atom. The number of carbonyl (C=O) groups is 1. The summed E-state index contributed by atoms with van der Waals surface area (Å²) >= 11 is 3.15. The molecule has 0 radical (unpaired) electrons. The van der Waals surface area contributed by atoms with Crippen molar-refractivity contribution in [3.05, 3.63) is 66.5 Å². The summed E-state index contributed by atoms with van der Waals surface area (Å²) in [4.78, 5) is 34.4. The number of hydrogen-bond donors (Lipinski definition) is 1. The zero-order valence-corrected chi connectivity index (χ0v) is 14.1. The van der Waals surface area contributed by atoms with Gasteiger partial charge in [0.2, 0.25) is 5.91 Å². The number of aryl methyl sites for hydroxylation is 2. The van der Waals surface area contributed by atoms with E-state index in [-0.39, 0.29) is 17.8 Å². The normalized spacial score (nSPS) is 10.4. The molecule has 0 bridgehead atoms. The van der Waals surface area contributed by atoms with E-state index in [1.807, 2.05) is 6.92 Å². The van der Waals surface area contributed by atoms with Gasteiger partial charge in [-0.2, -0.15) is 0 Å². The molecule has 120 valence electrons. The maximum atomic E-state index is 12.1. The van der Waals surface area contributed by atoms with Crippen LogP contribution in [-0.4, -0.2) is 15.4 Å². The highest BCUT2D eigenvalue weighted by atomic mass is 79.9. The molecule has 1 aromatic heterocycles. The van der Waals surface area contributed by atoms with E-state index in [1.165, 1.54) is 16.7 Å². The number of nitro groups is 1. The second kappa shape index (κ2) is 6.74. The SMILES string of the molecule is Cc1cc(Br)c(=O)n(CC(=O)Nc2cc([N+](=O)[O-])ccc2C)c1. The van der Waals surface area contributed by atoms with Crippen LogP contribution in [0.5, 0.6) is 0 Å². The third kappa shape index (κ3) is 4.04. The molecule has 0 fully saturated rings. The Morgan fingerprint density at radius 1 is 1.35 bits per heavy atom. The Morgan fingerprint density at radius 3 is 2.70 bits per heavy atom. The van der Waals surface area contributed by atoms with Crippen molar-refractivity contribution in [1.82, 2.24) is 4.57 Å². The van der Waals surface area contributed by atoms with E-state index in [9.17, 15) is 19.7 Å². The lowest BCUT2D eigenvalue weighted by Gasteiger charge is -2.10. The first kappa shape index (κ1) is 16.9. The first-order chi connectivity index (χ1) is 10.8. The van der Waals surface area contributed by atoms with Gasteiger partial charge in [-0.3, -0.25) is 19.7 Å². The minimum absolute atomic E-state index is 0.110. The van der Waals surface area contributed by atoms with Crippen molar-refractivity contribution in [1.29, 1.82) is 0 Å². The summed E-state index contributed by atoms with van der Waals surface area (Å²) in [6.07, 6.45) is 1.58. The maximum absolute atomic E-state index is 12.1. The molecule has 0 atom stereocenters. The van der Waals surface area contributed by atoms with Crippen molar-refractivity contribution in [2.45, 2.75) is 20.4 Å². The van der Waals surface area contributed by atoms with E-state index in [4.69, 9.17) is 0 Å². The number of hydrogen-bond acceptors (Lipinski definition) is 4. The van der Waals surface area contributed by atoms with E-state index in [1.54, 1.807) is 25.3 Å². The van der Waals surface area contributed by atoms with Gasteiger partial charge >= 0.3 is 0 Å². The van der Waals surface area contributed by atoms with E-state index >= 15 is 0 Å². The molecule has 2 aromatic rings. The number of non-ortho nitro benzene ring substituents is 1. The lowest BCUT2D eigenvalue weighted by molar-refractivity contribution is -0.384. The number of carbonyl (C=O) groups excluding carboxylic acids is 1. The molecule has 0 saturated heterocycles. The second-order valence-corrected chi connectivity index (χ2v) is 5.96. The summed E-state index contributed by atoms with van der Waals surface area (Å²) in [5, 5.41) is 13.4. The van der Waals surface area contributed by atoms with E-state index in [0.29, 0.717) is 15.7 Å². The molecule has 8 heteroatoms. The maximum Gasteiger partial charge on any atom is 0.271 e. The minimum atomic E-state index is -0.530. The zero-order chi connectivity index (χ0) is 17.1. The zero-order valence-electron chi connectivity index (χ0n) is 12.5. The van der Waals surface area contributed by atoms with E-state index in [2.05, 4.69) is 21.2 Å². The van der Waals surface area contributed by atoms with Crippen molar-refractivity contribution >= 4 is 33.2 Å². The van der Waals surface area contributed by atoms with Crippen molar-refractivity contribution < 1.29 is 9.72 Å². The minimum Gasteiger partial charge on any atom is -0.324 e. The molecule has 0 saturated carbocycles. The van der Waals surface area contributed by atoms with Crippen LogP contribution in [0.4, 0.5) is 11.4 Å². The van der Waals surface area contributed by atoms with Gasteiger partial charge in [-0.15, -0.1) is 0 Å². The molecule has 0 aliphatic rings.